The number of rotatable bonds is 12. The lowest BCUT2D eigenvalue weighted by atomic mass is 10.1. The molecule has 1 aliphatic rings. The first-order valence-corrected chi connectivity index (χ1v) is 15.5. The predicted molar refractivity (Wildman–Crippen MR) is 173 cm³/mol. The number of para-hydroxylation sites is 1. The quantitative estimate of drug-likeness (QED) is 0.181. The van der Waals surface area contributed by atoms with E-state index in [4.69, 9.17) is 15.5 Å². The van der Waals surface area contributed by atoms with Crippen LogP contribution in [0.15, 0.2) is 42.5 Å². The third kappa shape index (κ3) is 6.26. The maximum Gasteiger partial charge on any atom is 0.276 e. The average molecular weight is 613 g/mol. The van der Waals surface area contributed by atoms with Crippen LogP contribution in [-0.4, -0.2) is 78.9 Å². The summed E-state index contributed by atoms with van der Waals surface area (Å²) >= 11 is 0. The number of imidazole rings is 2. The minimum absolute atomic E-state index is 0.234. The number of nitrogens with zero attached hydrogens (tertiary/aromatic N) is 7. The lowest BCUT2D eigenvalue weighted by Crippen LogP contribution is -2.35. The predicted octanol–water partition coefficient (Wildman–Crippen LogP) is 3.62. The lowest BCUT2D eigenvalue weighted by Gasteiger charge is -2.27. The Morgan fingerprint density at radius 3 is 2.47 bits per heavy atom. The molecule has 0 radical (unpaired) electrons. The van der Waals surface area contributed by atoms with Crippen LogP contribution in [0.5, 0.6) is 0 Å². The molecule has 1 saturated heterocycles. The van der Waals surface area contributed by atoms with Crippen molar-refractivity contribution < 1.29 is 14.3 Å². The summed E-state index contributed by atoms with van der Waals surface area (Å²) in [5, 5.41) is 10.7. The molecule has 0 bridgehead atoms. The molecule has 0 aliphatic carbocycles. The Morgan fingerprint density at radius 1 is 0.978 bits per heavy atom. The molecule has 236 valence electrons. The van der Waals surface area contributed by atoms with E-state index in [2.05, 4.69) is 40.8 Å². The van der Waals surface area contributed by atoms with Gasteiger partial charge in [0, 0.05) is 51.9 Å². The fourth-order valence-electron chi connectivity index (χ4n) is 6.08. The maximum absolute atomic E-state index is 13.5. The molecular formula is C32H40N10O3. The summed E-state index contributed by atoms with van der Waals surface area (Å²) in [5.74, 6) is 0.537. The van der Waals surface area contributed by atoms with Gasteiger partial charge in [0.15, 0.2) is 0 Å². The van der Waals surface area contributed by atoms with E-state index in [0.29, 0.717) is 36.8 Å². The van der Waals surface area contributed by atoms with E-state index in [1.165, 1.54) is 5.56 Å². The number of nitrogens with one attached hydrogen (secondary N) is 2. The van der Waals surface area contributed by atoms with Crippen LogP contribution in [0.1, 0.15) is 51.9 Å². The Balaban J connectivity index is 1.27. The second-order valence-corrected chi connectivity index (χ2v) is 11.3. The van der Waals surface area contributed by atoms with Gasteiger partial charge in [0.1, 0.15) is 5.69 Å². The molecule has 0 unspecified atom stereocenters. The number of primary amides is 1. The molecule has 5 aromatic rings. The first-order chi connectivity index (χ1) is 21.9. The molecule has 2 amide bonds. The van der Waals surface area contributed by atoms with Crippen molar-refractivity contribution in [3.8, 4) is 0 Å². The first kappa shape index (κ1) is 30.3. The van der Waals surface area contributed by atoms with Crippen LogP contribution in [0.2, 0.25) is 0 Å². The van der Waals surface area contributed by atoms with Gasteiger partial charge in [0.25, 0.3) is 5.91 Å². The Labute approximate surface area is 261 Å². The van der Waals surface area contributed by atoms with Gasteiger partial charge in [-0.2, -0.15) is 5.10 Å². The fraction of sp³-hybridized carbons (Fsp3) is 0.406. The molecule has 0 spiro atoms. The van der Waals surface area contributed by atoms with E-state index in [9.17, 15) is 9.59 Å². The van der Waals surface area contributed by atoms with Crippen molar-refractivity contribution in [2.75, 3.05) is 44.0 Å². The summed E-state index contributed by atoms with van der Waals surface area (Å²) in [6.45, 7) is 9.80. The second kappa shape index (κ2) is 13.1. The molecular weight excluding hydrogens is 572 g/mol. The van der Waals surface area contributed by atoms with Gasteiger partial charge in [0.2, 0.25) is 17.8 Å². The van der Waals surface area contributed by atoms with Crippen molar-refractivity contribution in [3.63, 3.8) is 0 Å². The smallest absolute Gasteiger partial charge is 0.276 e. The fourth-order valence-corrected chi connectivity index (χ4v) is 6.08. The number of carbonyl (C=O) groups is 2. The largest absolute Gasteiger partial charge is 0.379 e. The summed E-state index contributed by atoms with van der Waals surface area (Å²) in [7, 11) is 1.83. The van der Waals surface area contributed by atoms with Gasteiger partial charge >= 0.3 is 0 Å². The summed E-state index contributed by atoms with van der Waals surface area (Å²) in [4.78, 5) is 37.1. The van der Waals surface area contributed by atoms with Crippen LogP contribution >= 0.6 is 0 Å². The van der Waals surface area contributed by atoms with Gasteiger partial charge in [-0.1, -0.05) is 12.1 Å². The zero-order chi connectivity index (χ0) is 31.5. The van der Waals surface area contributed by atoms with Gasteiger partial charge in [-0.25, -0.2) is 9.97 Å². The number of nitrogens with two attached hydrogens (primary N) is 1. The molecule has 13 heteroatoms. The Morgan fingerprint density at radius 2 is 1.73 bits per heavy atom. The maximum atomic E-state index is 13.5. The van der Waals surface area contributed by atoms with Crippen molar-refractivity contribution in [1.82, 2.24) is 33.8 Å². The summed E-state index contributed by atoms with van der Waals surface area (Å²) in [5.41, 5.74) is 11.9. The molecule has 0 atom stereocenters. The van der Waals surface area contributed by atoms with Crippen molar-refractivity contribution in [2.24, 2.45) is 5.73 Å². The van der Waals surface area contributed by atoms with Crippen molar-refractivity contribution in [1.29, 1.82) is 0 Å². The highest BCUT2D eigenvalue weighted by Gasteiger charge is 2.21. The SMILES string of the molecule is CCn1nc(C)cc1C(=O)Nc1nc2cccc(CN3CCOCC3)c2n1CCCCn1c(NC)nc2cc(C(N)=O)ccc21. The molecule has 45 heavy (non-hydrogen) atoms. The molecule has 3 aromatic heterocycles. The van der Waals surface area contributed by atoms with Gasteiger partial charge < -0.3 is 24.9 Å². The van der Waals surface area contributed by atoms with E-state index >= 15 is 0 Å². The topological polar surface area (TPSA) is 150 Å². The number of carbonyl (C=O) groups excluding carboxylic acids is 2. The van der Waals surface area contributed by atoms with Crippen molar-refractivity contribution in [3.05, 3.63) is 65.0 Å². The number of amides is 2. The highest BCUT2D eigenvalue weighted by atomic mass is 16.5. The van der Waals surface area contributed by atoms with Crippen LogP contribution in [0, 0.1) is 6.92 Å². The van der Waals surface area contributed by atoms with Crippen molar-refractivity contribution in [2.45, 2.75) is 52.9 Å². The van der Waals surface area contributed by atoms with E-state index in [-0.39, 0.29) is 5.91 Å². The highest BCUT2D eigenvalue weighted by Crippen LogP contribution is 2.27. The minimum atomic E-state index is -0.477. The highest BCUT2D eigenvalue weighted by molar-refractivity contribution is 6.03. The zero-order valence-corrected chi connectivity index (χ0v) is 26.0. The molecule has 1 fully saturated rings. The van der Waals surface area contributed by atoms with E-state index in [1.54, 1.807) is 22.9 Å². The van der Waals surface area contributed by atoms with Crippen LogP contribution in [-0.2, 0) is 30.9 Å². The third-order valence-corrected chi connectivity index (χ3v) is 8.28. The van der Waals surface area contributed by atoms with Gasteiger partial charge in [-0.15, -0.1) is 0 Å². The molecule has 4 heterocycles. The number of morpholine rings is 1. The number of unbranched alkanes of at least 4 members (excludes halogenated alkanes) is 1. The Hall–Kier alpha value is -4.75. The molecule has 6 rings (SSSR count). The molecule has 0 saturated carbocycles. The first-order valence-electron chi connectivity index (χ1n) is 15.5. The normalized spacial score (nSPS) is 13.9. The number of hydrogen-bond donors (Lipinski definition) is 3. The van der Waals surface area contributed by atoms with Crippen LogP contribution in [0.3, 0.4) is 0 Å². The van der Waals surface area contributed by atoms with Gasteiger partial charge in [-0.3, -0.25) is 24.5 Å². The van der Waals surface area contributed by atoms with Gasteiger partial charge in [0.05, 0.1) is 41.0 Å². The summed E-state index contributed by atoms with van der Waals surface area (Å²) in [6, 6.07) is 13.3. The standard InChI is InChI=1S/C32H40N10O3/c1-4-42-27(18-21(2)38-42)30(44)37-32-35-24-9-7-8-23(20-39-14-16-45-17-15-39)28(24)41(32)13-6-5-12-40-26-11-10-22(29(33)43)19-25(26)36-31(40)34-3/h7-11,18-19H,4-6,12-17,20H2,1-3H3,(H2,33,43)(H,34,36)(H,35,37,44). The van der Waals surface area contributed by atoms with Crippen LogP contribution < -0.4 is 16.4 Å². The third-order valence-electron chi connectivity index (χ3n) is 8.28. The van der Waals surface area contributed by atoms with Crippen LogP contribution in [0.25, 0.3) is 22.1 Å². The number of anilines is 2. The minimum Gasteiger partial charge on any atom is -0.379 e. The van der Waals surface area contributed by atoms with Gasteiger partial charge in [-0.05, 0) is 62.6 Å². The number of ether oxygens (including phenoxy) is 1. The van der Waals surface area contributed by atoms with E-state index in [0.717, 1.165) is 79.4 Å². The number of benzene rings is 2. The monoisotopic (exact) mass is 612 g/mol. The second-order valence-electron chi connectivity index (χ2n) is 11.3. The number of hydrogen-bond acceptors (Lipinski definition) is 8. The average Bonchev–Trinajstić information content (AvgIpc) is 3.72. The van der Waals surface area contributed by atoms with Crippen molar-refractivity contribution >= 4 is 45.8 Å². The molecule has 2 aromatic carbocycles. The number of aromatic nitrogens is 6. The molecule has 1 aliphatic heterocycles. The number of aryl methyl sites for hydroxylation is 4. The van der Waals surface area contributed by atoms with E-state index in [1.807, 2.05) is 39.1 Å². The summed E-state index contributed by atoms with van der Waals surface area (Å²) in [6.07, 6.45) is 1.67. The zero-order valence-electron chi connectivity index (χ0n) is 26.0. The Kier molecular flexibility index (Phi) is 8.80. The number of fused-ring (bicyclic) bond motifs is 2. The lowest BCUT2D eigenvalue weighted by molar-refractivity contribution is 0.0343. The van der Waals surface area contributed by atoms with E-state index < -0.39 is 5.91 Å². The summed E-state index contributed by atoms with van der Waals surface area (Å²) < 4.78 is 11.5. The molecule has 13 nitrogen and oxygen atoms in total. The molecule has 4 N–H and O–H groups in total. The Bertz CT molecular complexity index is 1850. The van der Waals surface area contributed by atoms with Crippen LogP contribution in [0.4, 0.5) is 11.9 Å².